The van der Waals surface area contributed by atoms with Crippen molar-refractivity contribution in [3.8, 4) is 0 Å². The first-order valence-corrected chi connectivity index (χ1v) is 11.5. The van der Waals surface area contributed by atoms with Crippen LogP contribution in [0.3, 0.4) is 0 Å². The molecule has 0 unspecified atom stereocenters. The van der Waals surface area contributed by atoms with Gasteiger partial charge in [-0.1, -0.05) is 24.3 Å². The van der Waals surface area contributed by atoms with Crippen LogP contribution in [0.2, 0.25) is 0 Å². The minimum absolute atomic E-state index is 0.0302. The monoisotopic (exact) mass is 483 g/mol. The van der Waals surface area contributed by atoms with Gasteiger partial charge in [0.15, 0.2) is 0 Å². The Kier molecular flexibility index (Phi) is 7.90. The number of benzene rings is 3. The van der Waals surface area contributed by atoms with Crippen molar-refractivity contribution in [2.75, 3.05) is 23.7 Å². The molecule has 0 aliphatic heterocycles. The second kappa shape index (κ2) is 11.0. The molecule has 34 heavy (non-hydrogen) atoms. The summed E-state index contributed by atoms with van der Waals surface area (Å²) >= 11 is 0. The molecule has 0 saturated carbocycles. The number of nitrogens with zero attached hydrogens (tertiary/aromatic N) is 1. The van der Waals surface area contributed by atoms with Crippen molar-refractivity contribution in [1.29, 1.82) is 0 Å². The normalized spacial score (nSPS) is 10.8. The van der Waals surface area contributed by atoms with Gasteiger partial charge in [-0.3, -0.25) is 14.9 Å². The molecule has 0 saturated heterocycles. The van der Waals surface area contributed by atoms with Crippen LogP contribution in [-0.2, 0) is 10.0 Å². The number of para-hydroxylation sites is 1. The fraction of sp³-hybridized carbons (Fsp3) is 0.0909. The molecule has 0 bridgehead atoms. The topological polar surface area (TPSA) is 160 Å². The molecule has 3 rings (SSSR count). The molecule has 3 aromatic carbocycles. The Bertz CT molecular complexity index is 1280. The Morgan fingerprint density at radius 1 is 0.824 bits per heavy atom. The highest BCUT2D eigenvalue weighted by Gasteiger charge is 2.17. The fourth-order valence-electron chi connectivity index (χ4n) is 2.81. The number of nitro groups is 1. The van der Waals surface area contributed by atoms with Crippen LogP contribution < -0.4 is 20.7 Å². The number of carbonyl (C=O) groups is 2. The Labute approximate surface area is 195 Å². The number of urea groups is 1. The summed E-state index contributed by atoms with van der Waals surface area (Å²) in [4.78, 5) is 34.2. The van der Waals surface area contributed by atoms with E-state index in [0.29, 0.717) is 16.9 Å². The van der Waals surface area contributed by atoms with Gasteiger partial charge in [-0.15, -0.1) is 0 Å². The highest BCUT2D eigenvalue weighted by molar-refractivity contribution is 7.89. The molecule has 0 aliphatic rings. The van der Waals surface area contributed by atoms with Crippen LogP contribution in [0.4, 0.5) is 21.9 Å². The van der Waals surface area contributed by atoms with Crippen molar-refractivity contribution >= 4 is 39.0 Å². The summed E-state index contributed by atoms with van der Waals surface area (Å²) in [5.41, 5.74) is 1.16. The van der Waals surface area contributed by atoms with Crippen LogP contribution in [0.15, 0.2) is 83.8 Å². The maximum atomic E-state index is 12.3. The van der Waals surface area contributed by atoms with Gasteiger partial charge in [0.25, 0.3) is 11.6 Å². The molecule has 0 atom stereocenters. The first kappa shape index (κ1) is 24.4. The Hall–Kier alpha value is -4.29. The van der Waals surface area contributed by atoms with Crippen molar-refractivity contribution in [3.63, 3.8) is 0 Å². The smallest absolute Gasteiger partial charge is 0.319 e. The number of rotatable bonds is 9. The molecule has 0 spiro atoms. The average Bonchev–Trinajstić information content (AvgIpc) is 2.83. The molecule has 0 radical (unpaired) electrons. The quantitative estimate of drug-likeness (QED) is 0.208. The summed E-state index contributed by atoms with van der Waals surface area (Å²) in [5, 5.41) is 18.6. The van der Waals surface area contributed by atoms with Gasteiger partial charge in [-0.2, -0.15) is 0 Å². The van der Waals surface area contributed by atoms with Crippen LogP contribution in [0.5, 0.6) is 0 Å². The number of hydrogen-bond donors (Lipinski definition) is 4. The molecule has 3 aromatic rings. The lowest BCUT2D eigenvalue weighted by Crippen LogP contribution is -2.36. The Morgan fingerprint density at radius 3 is 2.18 bits per heavy atom. The predicted molar refractivity (Wildman–Crippen MR) is 126 cm³/mol. The number of sulfonamides is 1. The zero-order valence-electron chi connectivity index (χ0n) is 17.7. The van der Waals surface area contributed by atoms with Crippen molar-refractivity contribution in [3.05, 3.63) is 94.5 Å². The third-order valence-electron chi connectivity index (χ3n) is 4.48. The number of anilines is 2. The number of hydrogen-bond acceptors (Lipinski definition) is 6. The molecule has 4 N–H and O–H groups in total. The van der Waals surface area contributed by atoms with Gasteiger partial charge in [0.1, 0.15) is 0 Å². The lowest BCUT2D eigenvalue weighted by molar-refractivity contribution is -0.385. The zero-order valence-corrected chi connectivity index (χ0v) is 18.5. The minimum Gasteiger partial charge on any atom is -0.337 e. The number of nitro benzene ring substituents is 1. The first-order chi connectivity index (χ1) is 16.2. The van der Waals surface area contributed by atoms with E-state index in [-0.39, 0.29) is 29.6 Å². The van der Waals surface area contributed by atoms with Gasteiger partial charge in [-0.25, -0.2) is 17.9 Å². The van der Waals surface area contributed by atoms with E-state index in [1.807, 2.05) is 6.07 Å². The molecule has 0 heterocycles. The van der Waals surface area contributed by atoms with Gasteiger partial charge in [0, 0.05) is 42.2 Å². The Morgan fingerprint density at radius 2 is 1.50 bits per heavy atom. The summed E-state index contributed by atoms with van der Waals surface area (Å²) in [6.45, 7) is -0.158. The van der Waals surface area contributed by atoms with Crippen molar-refractivity contribution in [2.45, 2.75) is 4.90 Å². The zero-order chi connectivity index (χ0) is 24.6. The van der Waals surface area contributed by atoms with E-state index in [2.05, 4.69) is 20.7 Å². The number of amides is 3. The summed E-state index contributed by atoms with van der Waals surface area (Å²) in [6, 6.07) is 19.3. The van der Waals surface area contributed by atoms with E-state index in [1.54, 1.807) is 48.5 Å². The summed E-state index contributed by atoms with van der Waals surface area (Å²) in [6.07, 6.45) is 0. The van der Waals surface area contributed by atoms with Crippen LogP contribution in [0.25, 0.3) is 0 Å². The molecule has 0 aliphatic carbocycles. The van der Waals surface area contributed by atoms with E-state index in [4.69, 9.17) is 0 Å². The molecule has 0 aromatic heterocycles. The van der Waals surface area contributed by atoms with Crippen LogP contribution in [0.1, 0.15) is 10.4 Å². The van der Waals surface area contributed by atoms with E-state index in [0.717, 1.165) is 6.07 Å². The number of carbonyl (C=O) groups excluding carboxylic acids is 2. The summed E-state index contributed by atoms with van der Waals surface area (Å²) in [7, 11) is -3.97. The second-order valence-electron chi connectivity index (χ2n) is 6.93. The SMILES string of the molecule is O=C(NCCNS(=O)(=O)c1cccc([N+](=O)[O-])c1)Nc1ccc(C(=O)Nc2ccccc2)cc1. The molecule has 0 fully saturated rings. The highest BCUT2D eigenvalue weighted by Crippen LogP contribution is 2.17. The molecular formula is C22H21N5O6S. The second-order valence-corrected chi connectivity index (χ2v) is 8.70. The fourth-order valence-corrected chi connectivity index (χ4v) is 3.89. The molecule has 3 amide bonds. The lowest BCUT2D eigenvalue weighted by Gasteiger charge is -2.10. The van der Waals surface area contributed by atoms with Crippen LogP contribution in [-0.4, -0.2) is 38.4 Å². The lowest BCUT2D eigenvalue weighted by atomic mass is 10.2. The van der Waals surface area contributed by atoms with E-state index in [9.17, 15) is 28.1 Å². The van der Waals surface area contributed by atoms with E-state index < -0.39 is 21.0 Å². The van der Waals surface area contributed by atoms with Gasteiger partial charge >= 0.3 is 6.03 Å². The summed E-state index contributed by atoms with van der Waals surface area (Å²) in [5.74, 6) is -0.293. The van der Waals surface area contributed by atoms with Gasteiger partial charge in [0.05, 0.1) is 9.82 Å². The van der Waals surface area contributed by atoms with Crippen molar-refractivity contribution in [2.24, 2.45) is 0 Å². The average molecular weight is 484 g/mol. The number of non-ortho nitro benzene ring substituents is 1. The Balaban J connectivity index is 1.44. The van der Waals surface area contributed by atoms with Crippen molar-refractivity contribution < 1.29 is 22.9 Å². The van der Waals surface area contributed by atoms with Gasteiger partial charge in [-0.05, 0) is 42.5 Å². The van der Waals surface area contributed by atoms with Crippen molar-refractivity contribution in [1.82, 2.24) is 10.0 Å². The van der Waals surface area contributed by atoms with E-state index in [1.165, 1.54) is 18.2 Å². The third kappa shape index (κ3) is 6.85. The molecular weight excluding hydrogens is 462 g/mol. The summed E-state index contributed by atoms with van der Waals surface area (Å²) < 4.78 is 26.8. The molecule has 176 valence electrons. The maximum absolute atomic E-state index is 12.3. The van der Waals surface area contributed by atoms with Gasteiger partial charge < -0.3 is 16.0 Å². The van der Waals surface area contributed by atoms with Crippen LogP contribution >= 0.6 is 0 Å². The van der Waals surface area contributed by atoms with Gasteiger partial charge in [0.2, 0.25) is 10.0 Å². The standard InChI is InChI=1S/C22H21N5O6S/c28-21(25-17-5-2-1-3-6-17)16-9-11-18(12-10-16)26-22(29)23-13-14-24-34(32,33)20-8-4-7-19(15-20)27(30)31/h1-12,15,24H,13-14H2,(H,25,28)(H2,23,26,29). The largest absolute Gasteiger partial charge is 0.337 e. The highest BCUT2D eigenvalue weighted by atomic mass is 32.2. The minimum atomic E-state index is -3.97. The van der Waals surface area contributed by atoms with E-state index >= 15 is 0 Å². The third-order valence-corrected chi connectivity index (χ3v) is 5.94. The van der Waals surface area contributed by atoms with Crippen LogP contribution in [0, 0.1) is 10.1 Å². The molecule has 11 nitrogen and oxygen atoms in total. The maximum Gasteiger partial charge on any atom is 0.319 e. The molecule has 12 heteroatoms. The number of nitrogens with one attached hydrogen (secondary N) is 4. The predicted octanol–water partition coefficient (Wildman–Crippen LogP) is 2.95. The first-order valence-electron chi connectivity index (χ1n) is 10.00.